The Hall–Kier alpha value is -1.70. The number of halogens is 2. The summed E-state index contributed by atoms with van der Waals surface area (Å²) in [6, 6.07) is 3.27. The number of benzene rings is 1. The second kappa shape index (κ2) is 7.04. The molecular formula is C13H12Cl2N4O2S. The SMILES string of the molecule is CCOc1c(Cl)cc(/C=N\n2c(=S)[nH]nc(C)c2=O)cc1Cl. The molecule has 22 heavy (non-hydrogen) atoms. The Kier molecular flexibility index (Phi) is 5.33. The van der Waals surface area contributed by atoms with Crippen LogP contribution in [0.2, 0.25) is 10.0 Å². The summed E-state index contributed by atoms with van der Waals surface area (Å²) < 4.78 is 6.48. The number of nitrogens with one attached hydrogen (secondary N) is 1. The molecule has 2 aromatic rings. The van der Waals surface area contributed by atoms with Crippen LogP contribution < -0.4 is 10.3 Å². The second-order valence-corrected chi connectivity index (χ2v) is 5.42. The molecule has 0 aliphatic heterocycles. The van der Waals surface area contributed by atoms with Gasteiger partial charge in [-0.05, 0) is 43.8 Å². The number of ether oxygens (including phenoxy) is 1. The summed E-state index contributed by atoms with van der Waals surface area (Å²) in [5, 5.41) is 11.1. The van der Waals surface area contributed by atoms with Crippen molar-refractivity contribution in [2.75, 3.05) is 6.61 Å². The number of hydrogen-bond donors (Lipinski definition) is 1. The zero-order chi connectivity index (χ0) is 16.3. The number of aryl methyl sites for hydroxylation is 1. The Bertz CT molecular complexity index is 822. The third-order valence-electron chi connectivity index (χ3n) is 2.65. The van der Waals surface area contributed by atoms with E-state index in [1.165, 1.54) is 6.21 Å². The van der Waals surface area contributed by atoms with E-state index in [0.29, 0.717) is 28.0 Å². The predicted octanol–water partition coefficient (Wildman–Crippen LogP) is 3.20. The fraction of sp³-hybridized carbons (Fsp3) is 0.231. The van der Waals surface area contributed by atoms with Gasteiger partial charge in [-0.3, -0.25) is 9.89 Å². The van der Waals surface area contributed by atoms with Crippen LogP contribution in [0, 0.1) is 11.7 Å². The summed E-state index contributed by atoms with van der Waals surface area (Å²) in [5.41, 5.74) is 0.464. The van der Waals surface area contributed by atoms with Crippen molar-refractivity contribution in [3.05, 3.63) is 48.6 Å². The third-order valence-corrected chi connectivity index (χ3v) is 3.47. The third kappa shape index (κ3) is 3.55. The number of nitrogens with zero attached hydrogens (tertiary/aromatic N) is 3. The zero-order valence-electron chi connectivity index (χ0n) is 11.8. The van der Waals surface area contributed by atoms with Crippen LogP contribution in [-0.4, -0.2) is 27.7 Å². The highest BCUT2D eigenvalue weighted by Crippen LogP contribution is 2.33. The molecule has 1 aromatic heterocycles. The molecule has 0 saturated heterocycles. The second-order valence-electron chi connectivity index (χ2n) is 4.22. The van der Waals surface area contributed by atoms with Crippen LogP contribution in [0.1, 0.15) is 18.2 Å². The summed E-state index contributed by atoms with van der Waals surface area (Å²) >= 11 is 17.2. The maximum Gasteiger partial charge on any atom is 0.296 e. The molecule has 6 nitrogen and oxygen atoms in total. The van der Waals surface area contributed by atoms with E-state index in [1.807, 2.05) is 6.92 Å². The monoisotopic (exact) mass is 358 g/mol. The molecule has 0 aliphatic carbocycles. The van der Waals surface area contributed by atoms with Crippen molar-refractivity contribution >= 4 is 41.6 Å². The van der Waals surface area contributed by atoms with Crippen LogP contribution >= 0.6 is 35.4 Å². The molecule has 2 rings (SSSR count). The van der Waals surface area contributed by atoms with Crippen molar-refractivity contribution in [3.63, 3.8) is 0 Å². The summed E-state index contributed by atoms with van der Waals surface area (Å²) in [4.78, 5) is 11.9. The van der Waals surface area contributed by atoms with E-state index < -0.39 is 5.56 Å². The maximum absolute atomic E-state index is 11.9. The van der Waals surface area contributed by atoms with E-state index in [-0.39, 0.29) is 10.5 Å². The van der Waals surface area contributed by atoms with Crippen molar-refractivity contribution in [2.45, 2.75) is 13.8 Å². The van der Waals surface area contributed by atoms with Gasteiger partial charge >= 0.3 is 0 Å². The molecule has 0 bridgehead atoms. The van der Waals surface area contributed by atoms with Crippen LogP contribution in [0.3, 0.4) is 0 Å². The number of H-pyrrole nitrogens is 1. The summed E-state index contributed by atoms with van der Waals surface area (Å²) in [6.07, 6.45) is 1.43. The highest BCUT2D eigenvalue weighted by atomic mass is 35.5. The minimum atomic E-state index is -0.400. The van der Waals surface area contributed by atoms with Crippen molar-refractivity contribution in [1.29, 1.82) is 0 Å². The van der Waals surface area contributed by atoms with Gasteiger partial charge in [0.25, 0.3) is 5.56 Å². The largest absolute Gasteiger partial charge is 0.491 e. The lowest BCUT2D eigenvalue weighted by Crippen LogP contribution is -2.22. The fourth-order valence-electron chi connectivity index (χ4n) is 1.64. The lowest BCUT2D eigenvalue weighted by Gasteiger charge is -2.08. The fourth-order valence-corrected chi connectivity index (χ4v) is 2.43. The van der Waals surface area contributed by atoms with E-state index in [4.69, 9.17) is 40.2 Å². The average molecular weight is 359 g/mol. The lowest BCUT2D eigenvalue weighted by molar-refractivity contribution is 0.340. The van der Waals surface area contributed by atoms with Gasteiger partial charge in [0, 0.05) is 0 Å². The molecular weight excluding hydrogens is 347 g/mol. The first-order valence-electron chi connectivity index (χ1n) is 6.28. The molecule has 9 heteroatoms. The Morgan fingerprint density at radius 3 is 2.68 bits per heavy atom. The van der Waals surface area contributed by atoms with Gasteiger partial charge in [0.05, 0.1) is 22.9 Å². The van der Waals surface area contributed by atoms with Gasteiger partial charge in [-0.1, -0.05) is 23.2 Å². The molecule has 0 fully saturated rings. The average Bonchev–Trinajstić information content (AvgIpc) is 2.47. The van der Waals surface area contributed by atoms with Crippen molar-refractivity contribution in [1.82, 2.24) is 14.9 Å². The van der Waals surface area contributed by atoms with E-state index in [9.17, 15) is 4.79 Å². The smallest absolute Gasteiger partial charge is 0.296 e. The highest BCUT2D eigenvalue weighted by Gasteiger charge is 2.08. The van der Waals surface area contributed by atoms with E-state index in [2.05, 4.69) is 15.3 Å². The normalized spacial score (nSPS) is 11.1. The molecule has 0 radical (unpaired) electrons. The first-order chi connectivity index (χ1) is 10.4. The van der Waals surface area contributed by atoms with Crippen LogP contribution in [0.25, 0.3) is 0 Å². The highest BCUT2D eigenvalue weighted by molar-refractivity contribution is 7.71. The number of aromatic amines is 1. The Balaban J connectivity index is 2.42. The Morgan fingerprint density at radius 1 is 1.45 bits per heavy atom. The number of aromatic nitrogens is 3. The maximum atomic E-state index is 11.9. The van der Waals surface area contributed by atoms with E-state index in [1.54, 1.807) is 19.1 Å². The molecule has 1 heterocycles. The first-order valence-corrected chi connectivity index (χ1v) is 7.45. The van der Waals surface area contributed by atoms with Gasteiger partial charge in [-0.15, -0.1) is 0 Å². The summed E-state index contributed by atoms with van der Waals surface area (Å²) in [5.74, 6) is 0.414. The molecule has 116 valence electrons. The van der Waals surface area contributed by atoms with Gasteiger partial charge in [0.1, 0.15) is 5.69 Å². The van der Waals surface area contributed by atoms with Crippen molar-refractivity contribution in [3.8, 4) is 5.75 Å². The standard InChI is InChI=1S/C13H12Cl2N4O2S/c1-3-21-11-9(14)4-8(5-10(11)15)6-16-19-12(20)7(2)17-18-13(19)22/h4-6H,3H2,1-2H3,(H,18,22)/b16-6-. The van der Waals surface area contributed by atoms with Crippen LogP contribution in [0.5, 0.6) is 5.75 Å². The minimum absolute atomic E-state index is 0.0926. The van der Waals surface area contributed by atoms with Crippen molar-refractivity contribution < 1.29 is 4.74 Å². The zero-order valence-corrected chi connectivity index (χ0v) is 14.1. The Morgan fingerprint density at radius 2 is 2.09 bits per heavy atom. The molecule has 0 atom stereocenters. The van der Waals surface area contributed by atoms with Gasteiger partial charge in [-0.2, -0.15) is 14.9 Å². The lowest BCUT2D eigenvalue weighted by atomic mass is 10.2. The van der Waals surface area contributed by atoms with Crippen LogP contribution in [-0.2, 0) is 0 Å². The molecule has 0 unspecified atom stereocenters. The van der Waals surface area contributed by atoms with Crippen LogP contribution in [0.4, 0.5) is 0 Å². The van der Waals surface area contributed by atoms with E-state index in [0.717, 1.165) is 4.68 Å². The quantitative estimate of drug-likeness (QED) is 0.672. The summed E-state index contributed by atoms with van der Waals surface area (Å²) in [7, 11) is 0. The first kappa shape index (κ1) is 16.7. The van der Waals surface area contributed by atoms with Crippen molar-refractivity contribution in [2.24, 2.45) is 5.10 Å². The van der Waals surface area contributed by atoms with Gasteiger partial charge in [-0.25, -0.2) is 0 Å². The number of rotatable bonds is 4. The molecule has 1 N–H and O–H groups in total. The van der Waals surface area contributed by atoms with E-state index >= 15 is 0 Å². The Labute approximate surface area is 141 Å². The number of hydrogen-bond acceptors (Lipinski definition) is 5. The minimum Gasteiger partial charge on any atom is -0.491 e. The molecule has 0 amide bonds. The molecule has 0 spiro atoms. The van der Waals surface area contributed by atoms with Gasteiger partial charge in [0.15, 0.2) is 5.75 Å². The molecule has 0 saturated carbocycles. The van der Waals surface area contributed by atoms with Gasteiger partial charge in [0.2, 0.25) is 4.77 Å². The molecule has 1 aromatic carbocycles. The predicted molar refractivity (Wildman–Crippen MR) is 89.0 cm³/mol. The van der Waals surface area contributed by atoms with Gasteiger partial charge < -0.3 is 4.74 Å². The summed E-state index contributed by atoms with van der Waals surface area (Å²) in [6.45, 7) is 3.85. The molecule has 0 aliphatic rings. The topological polar surface area (TPSA) is 72.3 Å². The van der Waals surface area contributed by atoms with Crippen LogP contribution in [0.15, 0.2) is 22.0 Å².